The van der Waals surface area contributed by atoms with Crippen LogP contribution >= 0.6 is 0 Å². The van der Waals surface area contributed by atoms with Crippen molar-refractivity contribution in [2.45, 2.75) is 32.0 Å². The van der Waals surface area contributed by atoms with Gasteiger partial charge in [-0.1, -0.05) is 61.5 Å². The van der Waals surface area contributed by atoms with Crippen LogP contribution in [0.1, 0.15) is 46.4 Å². The third-order valence-electron chi connectivity index (χ3n) is 7.12. The van der Waals surface area contributed by atoms with Crippen LogP contribution in [0.2, 0.25) is 0 Å². The molecule has 3 aromatic carbocycles. The summed E-state index contributed by atoms with van der Waals surface area (Å²) in [5, 5.41) is 12.5. The molecule has 7 heteroatoms. The lowest BCUT2D eigenvalue weighted by Gasteiger charge is -2.43. The minimum absolute atomic E-state index is 0.00818. The highest BCUT2D eigenvalue weighted by Gasteiger charge is 2.39. The van der Waals surface area contributed by atoms with E-state index in [1.807, 2.05) is 66.7 Å². The van der Waals surface area contributed by atoms with Crippen molar-refractivity contribution in [3.8, 4) is 0 Å². The molecule has 2 aliphatic heterocycles. The maximum atomic E-state index is 12.7. The summed E-state index contributed by atoms with van der Waals surface area (Å²) < 4.78 is 18.7. The van der Waals surface area contributed by atoms with E-state index in [0.717, 1.165) is 49.5 Å². The van der Waals surface area contributed by atoms with Gasteiger partial charge in [-0.05, 0) is 35.4 Å². The van der Waals surface area contributed by atoms with E-state index < -0.39 is 6.29 Å². The van der Waals surface area contributed by atoms with E-state index in [-0.39, 0.29) is 30.6 Å². The molecule has 0 bridgehead atoms. The largest absolute Gasteiger partial charge is 0.392 e. The summed E-state index contributed by atoms with van der Waals surface area (Å²) in [7, 11) is 0. The lowest BCUT2D eigenvalue weighted by molar-refractivity contribution is -0.277. The van der Waals surface area contributed by atoms with Crippen molar-refractivity contribution in [1.29, 1.82) is 0 Å². The number of carbonyl (C=O) groups is 1. The van der Waals surface area contributed by atoms with Gasteiger partial charge >= 0.3 is 0 Å². The minimum Gasteiger partial charge on any atom is -0.392 e. The Morgan fingerprint density at radius 3 is 2.43 bits per heavy atom. The zero-order valence-corrected chi connectivity index (χ0v) is 21.1. The first-order valence-electron chi connectivity index (χ1n) is 12.9. The Balaban J connectivity index is 1.38. The molecule has 0 aromatic heterocycles. The molecule has 0 spiro atoms. The Morgan fingerprint density at radius 1 is 0.946 bits per heavy atom. The number of hydrogen-bond acceptors (Lipinski definition) is 6. The molecule has 1 amide bonds. The van der Waals surface area contributed by atoms with Crippen LogP contribution in [0.25, 0.3) is 0 Å². The Bertz CT molecular complexity index is 1160. The predicted octanol–water partition coefficient (Wildman–Crippen LogP) is 4.55. The molecule has 4 atom stereocenters. The van der Waals surface area contributed by atoms with Crippen molar-refractivity contribution in [2.24, 2.45) is 5.92 Å². The number of aliphatic hydroxyl groups is 1. The number of nitrogens with one attached hydrogen (secondary N) is 1. The summed E-state index contributed by atoms with van der Waals surface area (Å²) in [5.41, 5.74) is 4.06. The summed E-state index contributed by atoms with van der Waals surface area (Å²) in [6.07, 6.45) is -0.819. The fraction of sp³-hybridized carbons (Fsp3) is 0.367. The van der Waals surface area contributed by atoms with Gasteiger partial charge in [0.15, 0.2) is 6.29 Å². The molecule has 0 saturated carbocycles. The van der Waals surface area contributed by atoms with E-state index in [0.29, 0.717) is 11.3 Å². The molecule has 2 heterocycles. The van der Waals surface area contributed by atoms with Gasteiger partial charge in [0.1, 0.15) is 0 Å². The van der Waals surface area contributed by atoms with Gasteiger partial charge in [-0.2, -0.15) is 0 Å². The molecule has 3 aromatic rings. The zero-order chi connectivity index (χ0) is 25.6. The standard InChI is InChI=1S/C30H34N2O5/c1-21-27(19-32-14-16-35-17-15-32)36-30(37-28(21)23-12-10-22(20-33)11-13-23)25-8-5-9-26(18-25)31-29(34)24-6-3-2-4-7-24/h2-13,18,21,27-28,30,33H,14-17,19-20H2,1H3,(H,31,34)/t21-,27+,28+,30+/m0/s1. The maximum Gasteiger partial charge on any atom is 0.255 e. The molecule has 37 heavy (non-hydrogen) atoms. The molecule has 0 aliphatic carbocycles. The predicted molar refractivity (Wildman–Crippen MR) is 141 cm³/mol. The van der Waals surface area contributed by atoms with Gasteiger partial charge in [-0.15, -0.1) is 0 Å². The molecule has 0 radical (unpaired) electrons. The van der Waals surface area contributed by atoms with E-state index in [1.54, 1.807) is 12.1 Å². The number of morpholine rings is 1. The first-order chi connectivity index (χ1) is 18.1. The lowest BCUT2D eigenvalue weighted by atomic mass is 9.90. The Morgan fingerprint density at radius 2 is 1.70 bits per heavy atom. The Hall–Kier alpha value is -3.07. The van der Waals surface area contributed by atoms with E-state index >= 15 is 0 Å². The molecule has 2 fully saturated rings. The monoisotopic (exact) mass is 502 g/mol. The molecule has 2 N–H and O–H groups in total. The molecular formula is C30H34N2O5. The fourth-order valence-corrected chi connectivity index (χ4v) is 4.92. The normalized spacial score (nSPS) is 24.5. The summed E-state index contributed by atoms with van der Waals surface area (Å²) in [6.45, 7) is 6.20. The van der Waals surface area contributed by atoms with E-state index in [2.05, 4.69) is 17.1 Å². The maximum absolute atomic E-state index is 12.7. The highest BCUT2D eigenvalue weighted by atomic mass is 16.7. The third kappa shape index (κ3) is 6.26. The number of carbonyl (C=O) groups excluding carboxylic acids is 1. The van der Waals surface area contributed by atoms with Gasteiger partial charge in [-0.25, -0.2) is 0 Å². The fourth-order valence-electron chi connectivity index (χ4n) is 4.92. The number of benzene rings is 3. The molecule has 2 saturated heterocycles. The topological polar surface area (TPSA) is 80.3 Å². The van der Waals surface area contributed by atoms with Crippen LogP contribution < -0.4 is 5.32 Å². The Kier molecular flexibility index (Phi) is 8.28. The summed E-state index contributed by atoms with van der Waals surface area (Å²) in [4.78, 5) is 15.1. The first kappa shape index (κ1) is 25.6. The second-order valence-electron chi connectivity index (χ2n) is 9.68. The van der Waals surface area contributed by atoms with Gasteiger partial charge in [0.05, 0.1) is 32.0 Å². The van der Waals surface area contributed by atoms with Crippen molar-refractivity contribution in [3.05, 3.63) is 101 Å². The average Bonchev–Trinajstić information content (AvgIpc) is 2.95. The molecule has 194 valence electrons. The van der Waals surface area contributed by atoms with Crippen LogP contribution in [0, 0.1) is 5.92 Å². The van der Waals surface area contributed by atoms with Crippen LogP contribution in [0.5, 0.6) is 0 Å². The van der Waals surface area contributed by atoms with E-state index in [1.165, 1.54) is 0 Å². The van der Waals surface area contributed by atoms with Crippen LogP contribution in [0.15, 0.2) is 78.9 Å². The SMILES string of the molecule is C[C@H]1[C@@H](CN2CCOCC2)O[C@@H](c2cccc(NC(=O)c3ccccc3)c2)O[C@H]1c1ccc(CO)cc1. The highest BCUT2D eigenvalue weighted by molar-refractivity contribution is 6.04. The first-order valence-corrected chi connectivity index (χ1v) is 12.9. The average molecular weight is 503 g/mol. The van der Waals surface area contributed by atoms with Gasteiger partial charge in [0, 0.05) is 42.4 Å². The number of aliphatic hydroxyl groups excluding tert-OH is 1. The van der Waals surface area contributed by atoms with Gasteiger partial charge in [-0.3, -0.25) is 9.69 Å². The quantitative estimate of drug-likeness (QED) is 0.493. The van der Waals surface area contributed by atoms with Gasteiger partial charge < -0.3 is 24.6 Å². The number of hydrogen-bond donors (Lipinski definition) is 2. The molecule has 5 rings (SSSR count). The van der Waals surface area contributed by atoms with Crippen molar-refractivity contribution in [3.63, 3.8) is 0 Å². The van der Waals surface area contributed by atoms with Crippen molar-refractivity contribution < 1.29 is 24.1 Å². The lowest BCUT2D eigenvalue weighted by Crippen LogP contribution is -2.47. The number of anilines is 1. The van der Waals surface area contributed by atoms with Crippen LogP contribution in [-0.4, -0.2) is 54.9 Å². The number of rotatable bonds is 7. The van der Waals surface area contributed by atoms with Crippen LogP contribution in [0.3, 0.4) is 0 Å². The summed E-state index contributed by atoms with van der Waals surface area (Å²) in [6, 6.07) is 24.7. The molecule has 2 aliphatic rings. The van der Waals surface area contributed by atoms with Crippen molar-refractivity contribution in [1.82, 2.24) is 4.90 Å². The number of nitrogens with zero attached hydrogens (tertiary/aromatic N) is 1. The number of ether oxygens (including phenoxy) is 3. The van der Waals surface area contributed by atoms with E-state index in [4.69, 9.17) is 14.2 Å². The van der Waals surface area contributed by atoms with E-state index in [9.17, 15) is 9.90 Å². The summed E-state index contributed by atoms with van der Waals surface area (Å²) in [5.74, 6) is -0.0519. The molecule has 0 unspecified atom stereocenters. The second kappa shape index (κ2) is 12.0. The van der Waals surface area contributed by atoms with Crippen LogP contribution in [0.4, 0.5) is 5.69 Å². The highest BCUT2D eigenvalue weighted by Crippen LogP contribution is 2.42. The van der Waals surface area contributed by atoms with Gasteiger partial charge in [0.25, 0.3) is 5.91 Å². The second-order valence-corrected chi connectivity index (χ2v) is 9.68. The van der Waals surface area contributed by atoms with Crippen molar-refractivity contribution in [2.75, 3.05) is 38.2 Å². The number of amides is 1. The molecule has 7 nitrogen and oxygen atoms in total. The van der Waals surface area contributed by atoms with Gasteiger partial charge in [0.2, 0.25) is 0 Å². The van der Waals surface area contributed by atoms with Crippen LogP contribution in [-0.2, 0) is 20.8 Å². The smallest absolute Gasteiger partial charge is 0.255 e. The third-order valence-corrected chi connectivity index (χ3v) is 7.12. The summed E-state index contributed by atoms with van der Waals surface area (Å²) >= 11 is 0. The molecular weight excluding hydrogens is 468 g/mol. The minimum atomic E-state index is -0.585. The zero-order valence-electron chi connectivity index (χ0n) is 21.1. The van der Waals surface area contributed by atoms with Crippen molar-refractivity contribution >= 4 is 11.6 Å². The Labute approximate surface area is 218 Å².